The summed E-state index contributed by atoms with van der Waals surface area (Å²) in [5.74, 6) is 1.03. The molecule has 188 valence electrons. The van der Waals surface area contributed by atoms with Gasteiger partial charge >= 0.3 is 0 Å². The Hall–Kier alpha value is -0.900. The number of ketones is 1. The second-order valence-electron chi connectivity index (χ2n) is 12.6. The standard InChI is InChI=1S/C21H42N2O2.C4H10.C2H6/c1-15(2)16(24)20(7,8)12-21(9,10)17(25)23-14-19(5,6)11-18(3,4)13-22;1-4(2)3;1-2/h15H,11-14,22H2,1-10H3,(H,23,25);4H,1-3H3;1-2H3. The fourth-order valence-electron chi connectivity index (χ4n) is 4.04. The number of hydrogen-bond donors (Lipinski definition) is 2. The summed E-state index contributed by atoms with van der Waals surface area (Å²) in [7, 11) is 0. The maximum atomic E-state index is 12.8. The van der Waals surface area contributed by atoms with E-state index >= 15 is 0 Å². The molecule has 4 nitrogen and oxygen atoms in total. The Bertz CT molecular complexity index is 513. The van der Waals surface area contributed by atoms with Crippen molar-refractivity contribution in [2.45, 2.75) is 117 Å². The molecule has 0 aromatic carbocycles. The predicted molar refractivity (Wildman–Crippen MR) is 138 cm³/mol. The molecular formula is C27H58N2O2. The highest BCUT2D eigenvalue weighted by Crippen LogP contribution is 2.37. The minimum atomic E-state index is -0.590. The Labute approximate surface area is 195 Å². The third kappa shape index (κ3) is 16.4. The number of Topliss-reactive ketones (excluding diaryl/α,β-unsaturated/α-hetero) is 1. The highest BCUT2D eigenvalue weighted by molar-refractivity contribution is 5.88. The lowest BCUT2D eigenvalue weighted by molar-refractivity contribution is -0.136. The van der Waals surface area contributed by atoms with E-state index in [9.17, 15) is 9.59 Å². The minimum Gasteiger partial charge on any atom is -0.355 e. The van der Waals surface area contributed by atoms with Gasteiger partial charge in [-0.3, -0.25) is 9.59 Å². The van der Waals surface area contributed by atoms with Gasteiger partial charge in [0.25, 0.3) is 0 Å². The number of hydrogen-bond acceptors (Lipinski definition) is 3. The molecule has 0 atom stereocenters. The van der Waals surface area contributed by atoms with E-state index in [2.05, 4.69) is 53.8 Å². The van der Waals surface area contributed by atoms with Gasteiger partial charge in [-0.15, -0.1) is 0 Å². The normalized spacial score (nSPS) is 12.6. The molecule has 0 spiro atoms. The second-order valence-corrected chi connectivity index (χ2v) is 12.6. The van der Waals surface area contributed by atoms with Crippen LogP contribution in [-0.2, 0) is 9.59 Å². The van der Waals surface area contributed by atoms with E-state index < -0.39 is 10.8 Å². The maximum absolute atomic E-state index is 12.8. The maximum Gasteiger partial charge on any atom is 0.225 e. The first-order valence-corrected chi connectivity index (χ1v) is 12.2. The number of nitrogens with one attached hydrogen (secondary N) is 1. The molecule has 0 aliphatic carbocycles. The van der Waals surface area contributed by atoms with E-state index in [1.807, 2.05) is 55.4 Å². The van der Waals surface area contributed by atoms with E-state index in [0.29, 0.717) is 19.5 Å². The highest BCUT2D eigenvalue weighted by atomic mass is 16.2. The van der Waals surface area contributed by atoms with Crippen molar-refractivity contribution in [3.8, 4) is 0 Å². The quantitative estimate of drug-likeness (QED) is 0.388. The van der Waals surface area contributed by atoms with Crippen LogP contribution in [0.3, 0.4) is 0 Å². The van der Waals surface area contributed by atoms with Crippen LogP contribution in [0.2, 0.25) is 0 Å². The lowest BCUT2D eigenvalue weighted by atomic mass is 9.70. The van der Waals surface area contributed by atoms with Crippen molar-refractivity contribution in [1.82, 2.24) is 5.32 Å². The molecular weight excluding hydrogens is 384 g/mol. The zero-order valence-corrected chi connectivity index (χ0v) is 23.9. The molecule has 0 aliphatic heterocycles. The van der Waals surface area contributed by atoms with Gasteiger partial charge in [0, 0.05) is 23.3 Å². The van der Waals surface area contributed by atoms with E-state index in [4.69, 9.17) is 5.73 Å². The minimum absolute atomic E-state index is 0.00996. The number of carbonyl (C=O) groups excluding carboxylic acids is 2. The highest BCUT2D eigenvalue weighted by Gasteiger charge is 2.40. The summed E-state index contributed by atoms with van der Waals surface area (Å²) in [6.07, 6.45) is 1.48. The van der Waals surface area contributed by atoms with Gasteiger partial charge < -0.3 is 11.1 Å². The first-order chi connectivity index (χ1) is 13.7. The van der Waals surface area contributed by atoms with Crippen LogP contribution in [0.1, 0.15) is 117 Å². The molecule has 0 aliphatic rings. The zero-order chi connectivity index (χ0) is 25.8. The summed E-state index contributed by atoms with van der Waals surface area (Å²) in [5, 5.41) is 3.11. The van der Waals surface area contributed by atoms with Crippen molar-refractivity contribution in [2.24, 2.45) is 39.2 Å². The number of amides is 1. The molecule has 0 aromatic heterocycles. The summed E-state index contributed by atoms with van der Waals surface area (Å²) in [5.41, 5.74) is 4.76. The molecule has 0 radical (unpaired) electrons. The monoisotopic (exact) mass is 442 g/mol. The van der Waals surface area contributed by atoms with E-state index in [0.717, 1.165) is 12.3 Å². The molecule has 0 bridgehead atoms. The van der Waals surface area contributed by atoms with Crippen LogP contribution in [0, 0.1) is 33.5 Å². The van der Waals surface area contributed by atoms with Crippen LogP contribution in [-0.4, -0.2) is 24.8 Å². The van der Waals surface area contributed by atoms with E-state index in [1.165, 1.54) is 0 Å². The first-order valence-electron chi connectivity index (χ1n) is 12.2. The predicted octanol–water partition coefficient (Wildman–Crippen LogP) is 6.86. The Morgan fingerprint density at radius 2 is 1.13 bits per heavy atom. The molecule has 0 saturated carbocycles. The van der Waals surface area contributed by atoms with Gasteiger partial charge in [-0.2, -0.15) is 0 Å². The Balaban J connectivity index is -0.00000116. The number of rotatable bonds is 10. The van der Waals surface area contributed by atoms with Crippen molar-refractivity contribution < 1.29 is 9.59 Å². The molecule has 31 heavy (non-hydrogen) atoms. The molecule has 0 unspecified atom stereocenters. The lowest BCUT2D eigenvalue weighted by Gasteiger charge is -2.37. The summed E-state index contributed by atoms with van der Waals surface area (Å²) in [6, 6.07) is 0. The van der Waals surface area contributed by atoms with Gasteiger partial charge in [-0.25, -0.2) is 0 Å². The largest absolute Gasteiger partial charge is 0.355 e. The average molecular weight is 443 g/mol. The van der Waals surface area contributed by atoms with Crippen LogP contribution in [0.25, 0.3) is 0 Å². The zero-order valence-electron chi connectivity index (χ0n) is 23.9. The van der Waals surface area contributed by atoms with Crippen LogP contribution in [0.15, 0.2) is 0 Å². The second kappa shape index (κ2) is 14.3. The van der Waals surface area contributed by atoms with Gasteiger partial charge in [0.2, 0.25) is 5.91 Å². The van der Waals surface area contributed by atoms with Gasteiger partial charge in [-0.1, -0.05) is 104 Å². The third-order valence-corrected chi connectivity index (χ3v) is 4.93. The SMILES string of the molecule is CC.CC(C)C.CC(C)C(=O)C(C)(C)CC(C)(C)C(=O)NCC(C)(C)CC(C)(C)CN. The smallest absolute Gasteiger partial charge is 0.225 e. The Kier molecular flexibility index (Phi) is 16.0. The van der Waals surface area contributed by atoms with Crippen LogP contribution in [0.5, 0.6) is 0 Å². The summed E-state index contributed by atoms with van der Waals surface area (Å²) in [4.78, 5) is 25.2. The number of carbonyl (C=O) groups is 2. The average Bonchev–Trinajstić information content (AvgIpc) is 2.58. The third-order valence-electron chi connectivity index (χ3n) is 4.93. The molecule has 0 saturated heterocycles. The van der Waals surface area contributed by atoms with Gasteiger partial charge in [0.05, 0.1) is 0 Å². The molecule has 4 heteroatoms. The van der Waals surface area contributed by atoms with Crippen molar-refractivity contribution >= 4 is 11.7 Å². The van der Waals surface area contributed by atoms with Crippen molar-refractivity contribution in [2.75, 3.05) is 13.1 Å². The van der Waals surface area contributed by atoms with Crippen LogP contribution >= 0.6 is 0 Å². The molecule has 0 fully saturated rings. The molecule has 0 aromatic rings. The molecule has 0 heterocycles. The van der Waals surface area contributed by atoms with E-state index in [1.54, 1.807) is 0 Å². The summed E-state index contributed by atoms with van der Waals surface area (Å²) >= 11 is 0. The molecule has 1 amide bonds. The molecule has 0 rings (SSSR count). The Morgan fingerprint density at radius 1 is 0.742 bits per heavy atom. The van der Waals surface area contributed by atoms with Crippen molar-refractivity contribution in [1.29, 1.82) is 0 Å². The van der Waals surface area contributed by atoms with Crippen LogP contribution < -0.4 is 11.1 Å². The van der Waals surface area contributed by atoms with Gasteiger partial charge in [0.15, 0.2) is 0 Å². The van der Waals surface area contributed by atoms with Gasteiger partial charge in [0.1, 0.15) is 5.78 Å². The topological polar surface area (TPSA) is 72.2 Å². The number of nitrogens with two attached hydrogens (primary N) is 1. The summed E-state index contributed by atoms with van der Waals surface area (Å²) in [6.45, 7) is 31.9. The summed E-state index contributed by atoms with van der Waals surface area (Å²) < 4.78 is 0. The fourth-order valence-corrected chi connectivity index (χ4v) is 4.04. The van der Waals surface area contributed by atoms with E-state index in [-0.39, 0.29) is 28.4 Å². The van der Waals surface area contributed by atoms with Crippen LogP contribution in [0.4, 0.5) is 0 Å². The first kappa shape index (κ1) is 34.7. The molecule has 3 N–H and O–H groups in total. The van der Waals surface area contributed by atoms with Crippen molar-refractivity contribution in [3.05, 3.63) is 0 Å². The van der Waals surface area contributed by atoms with Crippen molar-refractivity contribution in [3.63, 3.8) is 0 Å². The van der Waals surface area contributed by atoms with Gasteiger partial charge in [-0.05, 0) is 36.1 Å². The fraction of sp³-hybridized carbons (Fsp3) is 0.926. The lowest BCUT2D eigenvalue weighted by Crippen LogP contribution is -2.46. The Morgan fingerprint density at radius 3 is 1.45 bits per heavy atom.